The molecule has 17 heavy (non-hydrogen) atoms. The van der Waals surface area contributed by atoms with Crippen molar-refractivity contribution in [3.63, 3.8) is 0 Å². The summed E-state index contributed by atoms with van der Waals surface area (Å²) in [4.78, 5) is 8.16. The second-order valence-corrected chi connectivity index (χ2v) is 6.23. The van der Waals surface area contributed by atoms with Crippen LogP contribution in [0.3, 0.4) is 0 Å². The van der Waals surface area contributed by atoms with Crippen molar-refractivity contribution in [3.8, 4) is 0 Å². The van der Waals surface area contributed by atoms with E-state index in [1.165, 1.54) is 36.8 Å². The molecule has 3 heterocycles. The van der Waals surface area contributed by atoms with Gasteiger partial charge in [0.2, 0.25) is 0 Å². The molecule has 92 valence electrons. The molecule has 2 saturated heterocycles. The fourth-order valence-corrected chi connectivity index (χ4v) is 3.56. The standard InChI is InChI=1S/C13H19N3S/c1-2-17-13-3-12(6-15-7-13)16-8-10-4-14-5-11(10)9-16/h3,6-7,10-11,14H,2,4-5,8-9H2,1H3. The minimum Gasteiger partial charge on any atom is -0.370 e. The number of thioether (sulfide) groups is 1. The summed E-state index contributed by atoms with van der Waals surface area (Å²) in [5.74, 6) is 2.80. The van der Waals surface area contributed by atoms with E-state index in [0.29, 0.717) is 0 Å². The van der Waals surface area contributed by atoms with Crippen molar-refractivity contribution in [1.82, 2.24) is 10.3 Å². The summed E-state index contributed by atoms with van der Waals surface area (Å²) < 4.78 is 0. The predicted molar refractivity (Wildman–Crippen MR) is 72.7 cm³/mol. The normalized spacial score (nSPS) is 27.5. The van der Waals surface area contributed by atoms with E-state index in [2.05, 4.69) is 28.2 Å². The molecule has 2 fully saturated rings. The number of nitrogens with zero attached hydrogens (tertiary/aromatic N) is 2. The Kier molecular flexibility index (Phi) is 3.25. The van der Waals surface area contributed by atoms with Crippen LogP contribution in [0, 0.1) is 11.8 Å². The summed E-state index contributed by atoms with van der Waals surface area (Å²) in [6.45, 7) is 6.96. The molecule has 0 bridgehead atoms. The van der Waals surface area contributed by atoms with Crippen LogP contribution < -0.4 is 10.2 Å². The Morgan fingerprint density at radius 2 is 2.12 bits per heavy atom. The van der Waals surface area contributed by atoms with Crippen LogP contribution in [0.1, 0.15) is 6.92 Å². The third kappa shape index (κ3) is 2.29. The van der Waals surface area contributed by atoms with Crippen LogP contribution in [0.5, 0.6) is 0 Å². The molecular formula is C13H19N3S. The molecular weight excluding hydrogens is 230 g/mol. The van der Waals surface area contributed by atoms with Crippen molar-refractivity contribution in [2.45, 2.75) is 11.8 Å². The van der Waals surface area contributed by atoms with E-state index < -0.39 is 0 Å². The Morgan fingerprint density at radius 1 is 1.35 bits per heavy atom. The van der Waals surface area contributed by atoms with E-state index >= 15 is 0 Å². The largest absolute Gasteiger partial charge is 0.370 e. The highest BCUT2D eigenvalue weighted by atomic mass is 32.2. The number of rotatable bonds is 3. The molecule has 3 rings (SSSR count). The van der Waals surface area contributed by atoms with Crippen molar-refractivity contribution >= 4 is 17.4 Å². The van der Waals surface area contributed by atoms with Gasteiger partial charge < -0.3 is 10.2 Å². The molecule has 1 N–H and O–H groups in total. The Balaban J connectivity index is 1.74. The summed E-state index contributed by atoms with van der Waals surface area (Å²) in [5.41, 5.74) is 1.30. The van der Waals surface area contributed by atoms with Gasteiger partial charge in [-0.25, -0.2) is 0 Å². The highest BCUT2D eigenvalue weighted by Crippen LogP contribution is 2.31. The summed E-state index contributed by atoms with van der Waals surface area (Å²) in [6.07, 6.45) is 3.98. The molecule has 0 spiro atoms. The molecule has 2 unspecified atom stereocenters. The Hall–Kier alpha value is -0.740. The zero-order valence-electron chi connectivity index (χ0n) is 10.2. The first-order valence-electron chi connectivity index (χ1n) is 6.40. The number of aromatic nitrogens is 1. The molecule has 0 saturated carbocycles. The molecule has 0 amide bonds. The lowest BCUT2D eigenvalue weighted by molar-refractivity contribution is 0.533. The average Bonchev–Trinajstić information content (AvgIpc) is 2.89. The highest BCUT2D eigenvalue weighted by molar-refractivity contribution is 7.99. The van der Waals surface area contributed by atoms with Crippen molar-refractivity contribution in [2.75, 3.05) is 36.8 Å². The number of anilines is 1. The minimum absolute atomic E-state index is 0.845. The van der Waals surface area contributed by atoms with Crippen LogP contribution in [-0.2, 0) is 0 Å². The van der Waals surface area contributed by atoms with E-state index in [-0.39, 0.29) is 0 Å². The summed E-state index contributed by atoms with van der Waals surface area (Å²) in [5, 5.41) is 3.48. The molecule has 1 aromatic rings. The van der Waals surface area contributed by atoms with E-state index in [1.807, 2.05) is 24.2 Å². The lowest BCUT2D eigenvalue weighted by Gasteiger charge is -2.19. The Bertz CT molecular complexity index is 384. The smallest absolute Gasteiger partial charge is 0.0564 e. The van der Waals surface area contributed by atoms with Crippen LogP contribution in [0.15, 0.2) is 23.4 Å². The zero-order valence-corrected chi connectivity index (χ0v) is 11.0. The first-order valence-corrected chi connectivity index (χ1v) is 7.39. The van der Waals surface area contributed by atoms with Crippen LogP contribution in [0.2, 0.25) is 0 Å². The van der Waals surface area contributed by atoms with Gasteiger partial charge in [0, 0.05) is 37.3 Å². The molecule has 0 radical (unpaired) electrons. The van der Waals surface area contributed by atoms with Gasteiger partial charge in [0.25, 0.3) is 0 Å². The van der Waals surface area contributed by atoms with Crippen molar-refractivity contribution in [2.24, 2.45) is 11.8 Å². The molecule has 2 atom stereocenters. The maximum absolute atomic E-state index is 4.36. The van der Waals surface area contributed by atoms with Crippen molar-refractivity contribution < 1.29 is 0 Å². The van der Waals surface area contributed by atoms with E-state index in [1.54, 1.807) is 0 Å². The number of fused-ring (bicyclic) bond motifs is 1. The van der Waals surface area contributed by atoms with Crippen LogP contribution in [-0.4, -0.2) is 36.9 Å². The van der Waals surface area contributed by atoms with Crippen molar-refractivity contribution in [1.29, 1.82) is 0 Å². The molecule has 0 aromatic carbocycles. The second-order valence-electron chi connectivity index (χ2n) is 4.90. The second kappa shape index (κ2) is 4.86. The van der Waals surface area contributed by atoms with Gasteiger partial charge in [-0.3, -0.25) is 4.98 Å². The van der Waals surface area contributed by atoms with Crippen molar-refractivity contribution in [3.05, 3.63) is 18.5 Å². The zero-order chi connectivity index (χ0) is 11.7. The lowest BCUT2D eigenvalue weighted by atomic mass is 10.0. The molecule has 1 aromatic heterocycles. The molecule has 0 aliphatic carbocycles. The Morgan fingerprint density at radius 3 is 2.82 bits per heavy atom. The van der Waals surface area contributed by atoms with E-state index in [9.17, 15) is 0 Å². The first kappa shape index (κ1) is 11.4. The minimum atomic E-state index is 0.845. The van der Waals surface area contributed by atoms with Gasteiger partial charge in [-0.2, -0.15) is 0 Å². The number of hydrogen-bond acceptors (Lipinski definition) is 4. The number of pyridine rings is 1. The maximum Gasteiger partial charge on any atom is 0.0564 e. The predicted octanol–water partition coefficient (Wildman–Crippen LogP) is 1.85. The van der Waals surface area contributed by atoms with Crippen LogP contribution in [0.25, 0.3) is 0 Å². The highest BCUT2D eigenvalue weighted by Gasteiger charge is 2.36. The van der Waals surface area contributed by atoms with Gasteiger partial charge in [-0.05, 0) is 23.7 Å². The SMILES string of the molecule is CCSc1cncc(N2CC3CNCC3C2)c1. The summed E-state index contributed by atoms with van der Waals surface area (Å²) >= 11 is 1.87. The van der Waals surface area contributed by atoms with E-state index in [0.717, 1.165) is 17.6 Å². The molecule has 2 aliphatic rings. The first-order chi connectivity index (χ1) is 8.36. The average molecular weight is 249 g/mol. The molecule has 2 aliphatic heterocycles. The van der Waals surface area contributed by atoms with Crippen LogP contribution in [0.4, 0.5) is 5.69 Å². The fraction of sp³-hybridized carbons (Fsp3) is 0.615. The van der Waals surface area contributed by atoms with Gasteiger partial charge in [-0.15, -0.1) is 11.8 Å². The van der Waals surface area contributed by atoms with Gasteiger partial charge in [0.1, 0.15) is 0 Å². The summed E-state index contributed by atoms with van der Waals surface area (Å²) in [6, 6.07) is 2.29. The summed E-state index contributed by atoms with van der Waals surface area (Å²) in [7, 11) is 0. The lowest BCUT2D eigenvalue weighted by Crippen LogP contribution is -2.25. The van der Waals surface area contributed by atoms with Gasteiger partial charge in [0.15, 0.2) is 0 Å². The van der Waals surface area contributed by atoms with Gasteiger partial charge in [-0.1, -0.05) is 6.92 Å². The Labute approximate surface area is 107 Å². The monoisotopic (exact) mass is 249 g/mol. The van der Waals surface area contributed by atoms with E-state index in [4.69, 9.17) is 0 Å². The van der Waals surface area contributed by atoms with Gasteiger partial charge >= 0.3 is 0 Å². The van der Waals surface area contributed by atoms with Crippen LogP contribution >= 0.6 is 11.8 Å². The fourth-order valence-electron chi connectivity index (χ4n) is 2.89. The topological polar surface area (TPSA) is 28.2 Å². The van der Waals surface area contributed by atoms with Gasteiger partial charge in [0.05, 0.1) is 11.9 Å². The maximum atomic E-state index is 4.36. The third-order valence-corrected chi connectivity index (χ3v) is 4.61. The number of nitrogens with one attached hydrogen (secondary N) is 1. The number of hydrogen-bond donors (Lipinski definition) is 1. The quantitative estimate of drug-likeness (QED) is 0.828. The molecule has 4 heteroatoms. The molecule has 3 nitrogen and oxygen atoms in total. The third-order valence-electron chi connectivity index (χ3n) is 3.76.